The maximum atomic E-state index is 11.5. The van der Waals surface area contributed by atoms with Gasteiger partial charge in [0, 0.05) is 0 Å². The van der Waals surface area contributed by atoms with E-state index in [9.17, 15) is 4.79 Å². The number of carbonyl (C=O) groups is 1. The number of rotatable bonds is 3. The lowest BCUT2D eigenvalue weighted by atomic mass is 9.90. The third kappa shape index (κ3) is 2.48. The van der Waals surface area contributed by atoms with Crippen molar-refractivity contribution < 1.29 is 9.53 Å². The van der Waals surface area contributed by atoms with Gasteiger partial charge in [-0.15, -0.1) is 0 Å². The van der Waals surface area contributed by atoms with Crippen molar-refractivity contribution in [3.05, 3.63) is 29.1 Å². The van der Waals surface area contributed by atoms with E-state index in [1.54, 1.807) is 0 Å². The molecule has 1 N–H and O–H groups in total. The van der Waals surface area contributed by atoms with Crippen molar-refractivity contribution in [3.63, 3.8) is 0 Å². The van der Waals surface area contributed by atoms with Gasteiger partial charge in [-0.3, -0.25) is 0 Å². The molecule has 1 heterocycles. The second-order valence-corrected chi connectivity index (χ2v) is 5.38. The summed E-state index contributed by atoms with van der Waals surface area (Å²) in [4.78, 5) is 18.8. The Balaban J connectivity index is 2.63. The van der Waals surface area contributed by atoms with Crippen LogP contribution in [0.4, 0.5) is 0 Å². The van der Waals surface area contributed by atoms with Gasteiger partial charge in [-0.05, 0) is 35.1 Å². The lowest BCUT2D eigenvalue weighted by molar-refractivity contribution is 0.0588. The summed E-state index contributed by atoms with van der Waals surface area (Å²) in [7, 11) is 1.36. The molecule has 0 fully saturated rings. The number of ether oxygens (including phenoxy) is 1. The third-order valence-corrected chi connectivity index (χ3v) is 3.31. The predicted molar refractivity (Wildman–Crippen MR) is 75.6 cm³/mol. The number of hydrogen-bond acceptors (Lipinski definition) is 3. The Bertz CT molecular complexity index is 567. The SMILES string of the molecule is COC(=O)c1nc2cc(C(C)C)c(C(C)C)cc2[nH]1. The van der Waals surface area contributed by atoms with Crippen LogP contribution < -0.4 is 0 Å². The van der Waals surface area contributed by atoms with E-state index in [0.29, 0.717) is 11.8 Å². The summed E-state index contributed by atoms with van der Waals surface area (Å²) < 4.78 is 4.69. The van der Waals surface area contributed by atoms with Gasteiger partial charge < -0.3 is 9.72 Å². The van der Waals surface area contributed by atoms with Gasteiger partial charge in [-0.25, -0.2) is 9.78 Å². The number of imidazole rings is 1. The molecule has 0 aliphatic carbocycles. The van der Waals surface area contributed by atoms with E-state index in [1.807, 2.05) is 0 Å². The smallest absolute Gasteiger partial charge is 0.374 e. The number of benzene rings is 1. The molecule has 4 nitrogen and oxygen atoms in total. The van der Waals surface area contributed by atoms with Crippen LogP contribution in [-0.2, 0) is 4.74 Å². The first-order valence-electron chi connectivity index (χ1n) is 6.56. The van der Waals surface area contributed by atoms with Gasteiger partial charge in [0.1, 0.15) is 0 Å². The summed E-state index contributed by atoms with van der Waals surface area (Å²) in [5, 5.41) is 0. The molecule has 0 aliphatic rings. The monoisotopic (exact) mass is 260 g/mol. The molecule has 0 saturated heterocycles. The van der Waals surface area contributed by atoms with Crippen LogP contribution in [0.5, 0.6) is 0 Å². The predicted octanol–water partition coefficient (Wildman–Crippen LogP) is 3.60. The number of methoxy groups -OCH3 is 1. The number of hydrogen-bond donors (Lipinski definition) is 1. The highest BCUT2D eigenvalue weighted by Gasteiger charge is 2.16. The van der Waals surface area contributed by atoms with Crippen LogP contribution in [0.2, 0.25) is 0 Å². The van der Waals surface area contributed by atoms with Gasteiger partial charge in [-0.1, -0.05) is 27.7 Å². The van der Waals surface area contributed by atoms with Gasteiger partial charge in [0.05, 0.1) is 18.1 Å². The zero-order valence-corrected chi connectivity index (χ0v) is 12.1. The summed E-state index contributed by atoms with van der Waals surface area (Å²) in [6, 6.07) is 4.16. The zero-order valence-electron chi connectivity index (χ0n) is 12.1. The lowest BCUT2D eigenvalue weighted by Crippen LogP contribution is -2.02. The Morgan fingerprint density at radius 1 is 1.16 bits per heavy atom. The van der Waals surface area contributed by atoms with Crippen molar-refractivity contribution in [2.45, 2.75) is 39.5 Å². The minimum Gasteiger partial charge on any atom is -0.463 e. The summed E-state index contributed by atoms with van der Waals surface area (Å²) in [5.74, 6) is 0.688. The van der Waals surface area contributed by atoms with Gasteiger partial charge in [0.25, 0.3) is 0 Å². The molecule has 0 unspecified atom stereocenters. The van der Waals surface area contributed by atoms with E-state index >= 15 is 0 Å². The molecule has 0 radical (unpaired) electrons. The highest BCUT2D eigenvalue weighted by molar-refractivity contribution is 5.90. The first-order valence-corrected chi connectivity index (χ1v) is 6.56. The Kier molecular flexibility index (Phi) is 3.60. The van der Waals surface area contributed by atoms with Crippen molar-refractivity contribution in [2.75, 3.05) is 7.11 Å². The third-order valence-electron chi connectivity index (χ3n) is 3.31. The van der Waals surface area contributed by atoms with Gasteiger partial charge >= 0.3 is 5.97 Å². The van der Waals surface area contributed by atoms with E-state index in [-0.39, 0.29) is 5.82 Å². The van der Waals surface area contributed by atoms with Crippen molar-refractivity contribution in [3.8, 4) is 0 Å². The minimum atomic E-state index is -0.437. The summed E-state index contributed by atoms with van der Waals surface area (Å²) in [6.45, 7) is 8.68. The molecule has 102 valence electrons. The van der Waals surface area contributed by atoms with Gasteiger partial charge in [0.2, 0.25) is 5.82 Å². The molecular weight excluding hydrogens is 240 g/mol. The van der Waals surface area contributed by atoms with Crippen LogP contribution in [0.25, 0.3) is 11.0 Å². The number of carbonyl (C=O) groups excluding carboxylic acids is 1. The van der Waals surface area contributed by atoms with Crippen LogP contribution in [0, 0.1) is 0 Å². The average molecular weight is 260 g/mol. The van der Waals surface area contributed by atoms with E-state index in [2.05, 4.69) is 54.5 Å². The summed E-state index contributed by atoms with van der Waals surface area (Å²) >= 11 is 0. The van der Waals surface area contributed by atoms with Gasteiger partial charge in [0.15, 0.2) is 0 Å². The maximum Gasteiger partial charge on any atom is 0.374 e. The molecule has 1 aromatic heterocycles. The molecule has 0 amide bonds. The fourth-order valence-electron chi connectivity index (χ4n) is 2.28. The first-order chi connectivity index (χ1) is 8.93. The Hall–Kier alpha value is -1.84. The van der Waals surface area contributed by atoms with Crippen LogP contribution in [0.1, 0.15) is 61.3 Å². The van der Waals surface area contributed by atoms with Crippen molar-refractivity contribution >= 4 is 17.0 Å². The quantitative estimate of drug-likeness (QED) is 0.858. The molecular formula is C15H20N2O2. The highest BCUT2D eigenvalue weighted by Crippen LogP contribution is 2.29. The Morgan fingerprint density at radius 3 is 2.26 bits per heavy atom. The normalized spacial score (nSPS) is 11.5. The first kappa shape index (κ1) is 13.6. The minimum absolute atomic E-state index is 0.258. The molecule has 0 saturated carbocycles. The number of aromatic nitrogens is 2. The van der Waals surface area contributed by atoms with Gasteiger partial charge in [-0.2, -0.15) is 0 Å². The van der Waals surface area contributed by atoms with Crippen molar-refractivity contribution in [1.82, 2.24) is 9.97 Å². The standard InChI is InChI=1S/C15H20N2O2/c1-8(2)10-6-12-13(7-11(10)9(3)4)17-14(16-12)15(18)19-5/h6-9H,1-5H3,(H,16,17). The highest BCUT2D eigenvalue weighted by atomic mass is 16.5. The summed E-state index contributed by atoms with van der Waals surface area (Å²) in [5.41, 5.74) is 4.27. The Labute approximate surface area is 113 Å². The molecule has 1 aromatic carbocycles. The number of nitrogens with zero attached hydrogens (tertiary/aromatic N) is 1. The number of fused-ring (bicyclic) bond motifs is 1. The molecule has 2 rings (SSSR count). The number of nitrogens with one attached hydrogen (secondary N) is 1. The Morgan fingerprint density at radius 2 is 1.74 bits per heavy atom. The van der Waals surface area contributed by atoms with E-state index in [4.69, 9.17) is 0 Å². The van der Waals surface area contributed by atoms with E-state index in [0.717, 1.165) is 11.0 Å². The second-order valence-electron chi connectivity index (χ2n) is 5.38. The second kappa shape index (κ2) is 5.03. The fraction of sp³-hybridized carbons (Fsp3) is 0.467. The average Bonchev–Trinajstić information content (AvgIpc) is 2.78. The molecule has 19 heavy (non-hydrogen) atoms. The molecule has 0 aliphatic heterocycles. The van der Waals surface area contributed by atoms with Crippen molar-refractivity contribution in [1.29, 1.82) is 0 Å². The molecule has 0 atom stereocenters. The molecule has 4 heteroatoms. The maximum absolute atomic E-state index is 11.5. The van der Waals surface area contributed by atoms with Crippen LogP contribution >= 0.6 is 0 Å². The number of aromatic amines is 1. The largest absolute Gasteiger partial charge is 0.463 e. The topological polar surface area (TPSA) is 55.0 Å². The fourth-order valence-corrected chi connectivity index (χ4v) is 2.28. The number of H-pyrrole nitrogens is 1. The van der Waals surface area contributed by atoms with Crippen LogP contribution in [0.3, 0.4) is 0 Å². The molecule has 0 spiro atoms. The molecule has 0 bridgehead atoms. The van der Waals surface area contributed by atoms with Crippen LogP contribution in [-0.4, -0.2) is 23.0 Å². The van der Waals surface area contributed by atoms with E-state index in [1.165, 1.54) is 18.2 Å². The van der Waals surface area contributed by atoms with E-state index < -0.39 is 5.97 Å². The molecule has 2 aromatic rings. The summed E-state index contributed by atoms with van der Waals surface area (Å²) in [6.07, 6.45) is 0. The van der Waals surface area contributed by atoms with Crippen molar-refractivity contribution in [2.24, 2.45) is 0 Å². The van der Waals surface area contributed by atoms with Crippen LogP contribution in [0.15, 0.2) is 12.1 Å². The lowest BCUT2D eigenvalue weighted by Gasteiger charge is -2.15. The number of esters is 1. The zero-order chi connectivity index (χ0) is 14.2.